The van der Waals surface area contributed by atoms with E-state index >= 15 is 0 Å². The van der Waals surface area contributed by atoms with Crippen LogP contribution in [-0.4, -0.2) is 0 Å². The van der Waals surface area contributed by atoms with Crippen molar-refractivity contribution in [2.45, 2.75) is 19.8 Å². The van der Waals surface area contributed by atoms with E-state index in [1.165, 1.54) is 0 Å². The van der Waals surface area contributed by atoms with Crippen LogP contribution in [0.4, 0.5) is 0 Å². The van der Waals surface area contributed by atoms with Gasteiger partial charge < -0.3 is 0 Å². The largest absolute Gasteiger partial charge is 0.0991 e. The first-order valence-electron chi connectivity index (χ1n) is 5.29. The SMILES string of the molecule is C=CC=CCC=CC=CCC=CC=CC. The molecule has 0 saturated heterocycles. The second-order valence-electron chi connectivity index (χ2n) is 2.95. The zero-order chi connectivity index (χ0) is 11.2. The highest BCUT2D eigenvalue weighted by atomic mass is 13.8. The summed E-state index contributed by atoms with van der Waals surface area (Å²) in [4.78, 5) is 0. The molecule has 0 saturated carbocycles. The van der Waals surface area contributed by atoms with E-state index in [0.29, 0.717) is 0 Å². The van der Waals surface area contributed by atoms with Crippen LogP contribution in [-0.2, 0) is 0 Å². The van der Waals surface area contributed by atoms with Gasteiger partial charge in [-0.25, -0.2) is 0 Å². The molecule has 0 aromatic rings. The van der Waals surface area contributed by atoms with Crippen LogP contribution in [0.3, 0.4) is 0 Å². The van der Waals surface area contributed by atoms with Gasteiger partial charge in [-0.15, -0.1) is 0 Å². The van der Waals surface area contributed by atoms with Gasteiger partial charge in [0.25, 0.3) is 0 Å². The highest BCUT2D eigenvalue weighted by molar-refractivity contribution is 5.09. The van der Waals surface area contributed by atoms with Crippen molar-refractivity contribution < 1.29 is 0 Å². The maximum Gasteiger partial charge on any atom is -0.0163 e. The van der Waals surface area contributed by atoms with E-state index in [9.17, 15) is 0 Å². The lowest BCUT2D eigenvalue weighted by molar-refractivity contribution is 1.37. The Balaban J connectivity index is 3.53. The van der Waals surface area contributed by atoms with Crippen molar-refractivity contribution in [2.24, 2.45) is 0 Å². The molecule has 0 bridgehead atoms. The molecule has 0 unspecified atom stereocenters. The zero-order valence-corrected chi connectivity index (χ0v) is 9.47. The van der Waals surface area contributed by atoms with Crippen LogP contribution in [0.1, 0.15) is 19.8 Å². The van der Waals surface area contributed by atoms with Gasteiger partial charge in [0.2, 0.25) is 0 Å². The number of rotatable bonds is 7. The standard InChI is InChI=1S/C15H20/c1-3-5-7-9-11-13-15-14-12-10-8-6-4-2/h3-8,10-11,13-15H,1,9,12H2,2H3. The van der Waals surface area contributed by atoms with Gasteiger partial charge in [-0.1, -0.05) is 73.4 Å². The molecule has 0 atom stereocenters. The number of allylic oxidation sites excluding steroid dienone is 11. The zero-order valence-electron chi connectivity index (χ0n) is 9.47. The van der Waals surface area contributed by atoms with E-state index in [2.05, 4.69) is 49.1 Å². The Morgan fingerprint density at radius 2 is 1.20 bits per heavy atom. The van der Waals surface area contributed by atoms with Crippen molar-refractivity contribution in [3.8, 4) is 0 Å². The monoisotopic (exact) mass is 200 g/mol. The van der Waals surface area contributed by atoms with Gasteiger partial charge in [0.05, 0.1) is 0 Å². The first-order chi connectivity index (χ1) is 7.41. The Labute approximate surface area is 93.7 Å². The van der Waals surface area contributed by atoms with Gasteiger partial charge >= 0.3 is 0 Å². The minimum atomic E-state index is 0.963. The summed E-state index contributed by atoms with van der Waals surface area (Å²) in [5, 5.41) is 0. The molecule has 0 N–H and O–H groups in total. The first-order valence-corrected chi connectivity index (χ1v) is 5.29. The normalized spacial score (nSPS) is 13.1. The van der Waals surface area contributed by atoms with Crippen LogP contribution >= 0.6 is 0 Å². The summed E-state index contributed by atoms with van der Waals surface area (Å²) in [7, 11) is 0. The first kappa shape index (κ1) is 13.4. The molecule has 0 aromatic carbocycles. The van der Waals surface area contributed by atoms with Crippen molar-refractivity contribution in [3.63, 3.8) is 0 Å². The summed E-state index contributed by atoms with van der Waals surface area (Å²) in [6.07, 6.45) is 24.4. The molecule has 0 nitrogen and oxygen atoms in total. The Hall–Kier alpha value is -1.56. The lowest BCUT2D eigenvalue weighted by Crippen LogP contribution is -1.59. The summed E-state index contributed by atoms with van der Waals surface area (Å²) in [5.74, 6) is 0. The summed E-state index contributed by atoms with van der Waals surface area (Å²) in [5.41, 5.74) is 0. The van der Waals surface area contributed by atoms with Gasteiger partial charge in [-0.2, -0.15) is 0 Å². The second-order valence-corrected chi connectivity index (χ2v) is 2.95. The predicted octanol–water partition coefficient (Wildman–Crippen LogP) is 4.75. The highest BCUT2D eigenvalue weighted by Crippen LogP contribution is 1.90. The van der Waals surface area contributed by atoms with Crippen LogP contribution in [0.2, 0.25) is 0 Å². The van der Waals surface area contributed by atoms with Crippen molar-refractivity contribution in [1.29, 1.82) is 0 Å². The minimum Gasteiger partial charge on any atom is -0.0991 e. The van der Waals surface area contributed by atoms with Crippen LogP contribution < -0.4 is 0 Å². The van der Waals surface area contributed by atoms with Gasteiger partial charge in [0, 0.05) is 0 Å². The molecule has 0 fully saturated rings. The summed E-state index contributed by atoms with van der Waals surface area (Å²) in [6.45, 7) is 5.62. The minimum absolute atomic E-state index is 0.963. The fraction of sp³-hybridized carbons (Fsp3) is 0.200. The Bertz CT molecular complexity index is 272. The fourth-order valence-electron chi connectivity index (χ4n) is 0.914. The molecule has 0 rings (SSSR count). The van der Waals surface area contributed by atoms with Crippen LogP contribution in [0.25, 0.3) is 0 Å². The molecule has 0 aliphatic carbocycles. The second kappa shape index (κ2) is 12.4. The summed E-state index contributed by atoms with van der Waals surface area (Å²) < 4.78 is 0. The van der Waals surface area contributed by atoms with Crippen LogP contribution in [0, 0.1) is 0 Å². The van der Waals surface area contributed by atoms with E-state index in [-0.39, 0.29) is 0 Å². The molecular weight excluding hydrogens is 180 g/mol. The molecule has 0 spiro atoms. The van der Waals surface area contributed by atoms with Crippen molar-refractivity contribution in [3.05, 3.63) is 73.4 Å². The summed E-state index contributed by atoms with van der Waals surface area (Å²) >= 11 is 0. The molecule has 0 aliphatic rings. The quantitative estimate of drug-likeness (QED) is 0.520. The van der Waals surface area contributed by atoms with Gasteiger partial charge in [-0.05, 0) is 19.8 Å². The topological polar surface area (TPSA) is 0 Å². The third kappa shape index (κ3) is 12.4. The van der Waals surface area contributed by atoms with E-state index in [1.54, 1.807) is 6.08 Å². The van der Waals surface area contributed by atoms with Crippen LogP contribution in [0.15, 0.2) is 73.4 Å². The molecule has 0 heterocycles. The molecule has 0 radical (unpaired) electrons. The predicted molar refractivity (Wildman–Crippen MR) is 70.8 cm³/mol. The molecular formula is C15H20. The van der Waals surface area contributed by atoms with Crippen molar-refractivity contribution >= 4 is 0 Å². The van der Waals surface area contributed by atoms with Gasteiger partial charge in [-0.3, -0.25) is 0 Å². The van der Waals surface area contributed by atoms with Gasteiger partial charge in [0.15, 0.2) is 0 Å². The van der Waals surface area contributed by atoms with Crippen LogP contribution in [0.5, 0.6) is 0 Å². The third-order valence-corrected chi connectivity index (χ3v) is 1.64. The highest BCUT2D eigenvalue weighted by Gasteiger charge is 1.69. The molecule has 15 heavy (non-hydrogen) atoms. The Morgan fingerprint density at radius 3 is 1.67 bits per heavy atom. The maximum absolute atomic E-state index is 3.61. The Morgan fingerprint density at radius 1 is 0.733 bits per heavy atom. The average molecular weight is 200 g/mol. The van der Waals surface area contributed by atoms with E-state index in [0.717, 1.165) is 12.8 Å². The molecule has 0 aromatic heterocycles. The number of hydrogen-bond donors (Lipinski definition) is 0. The average Bonchev–Trinajstić information content (AvgIpc) is 2.26. The third-order valence-electron chi connectivity index (χ3n) is 1.64. The van der Waals surface area contributed by atoms with E-state index in [4.69, 9.17) is 0 Å². The maximum atomic E-state index is 3.61. The van der Waals surface area contributed by atoms with E-state index in [1.807, 2.05) is 25.2 Å². The van der Waals surface area contributed by atoms with E-state index < -0.39 is 0 Å². The smallest absolute Gasteiger partial charge is 0.0163 e. The molecule has 0 heteroatoms. The van der Waals surface area contributed by atoms with Gasteiger partial charge in [0.1, 0.15) is 0 Å². The van der Waals surface area contributed by atoms with Crippen molar-refractivity contribution in [1.82, 2.24) is 0 Å². The number of hydrogen-bond acceptors (Lipinski definition) is 0. The summed E-state index contributed by atoms with van der Waals surface area (Å²) in [6, 6.07) is 0. The lowest BCUT2D eigenvalue weighted by Gasteiger charge is -1.80. The fourth-order valence-corrected chi connectivity index (χ4v) is 0.914. The lowest BCUT2D eigenvalue weighted by atomic mass is 10.3. The molecule has 0 aliphatic heterocycles. The molecule has 80 valence electrons. The van der Waals surface area contributed by atoms with Crippen molar-refractivity contribution in [2.75, 3.05) is 0 Å². The Kier molecular flexibility index (Phi) is 11.1. The molecule has 0 amide bonds.